The van der Waals surface area contributed by atoms with Crippen LogP contribution in [-0.4, -0.2) is 11.0 Å². The molecule has 0 amide bonds. The lowest BCUT2D eigenvalue weighted by atomic mass is 10.0. The Bertz CT molecular complexity index is 148. The monoisotopic (exact) mass is 290 g/mol. The van der Waals surface area contributed by atoms with Crippen molar-refractivity contribution < 1.29 is 0 Å². The van der Waals surface area contributed by atoms with Gasteiger partial charge in [0.15, 0.2) is 0 Å². The third kappa shape index (κ3) is 14.8. The van der Waals surface area contributed by atoms with Gasteiger partial charge in [-0.15, -0.1) is 0 Å². The molecule has 0 aromatic heterocycles. The largest absolute Gasteiger partial charge is 0.179 e. The van der Waals surface area contributed by atoms with Gasteiger partial charge in [-0.2, -0.15) is 25.3 Å². The van der Waals surface area contributed by atoms with Crippen LogP contribution < -0.4 is 0 Å². The molecule has 18 heavy (non-hydrogen) atoms. The van der Waals surface area contributed by atoms with Crippen LogP contribution in [0.1, 0.15) is 90.4 Å². The Hall–Kier alpha value is 0.700. The van der Waals surface area contributed by atoms with Gasteiger partial charge in [-0.25, -0.2) is 0 Å². The van der Waals surface area contributed by atoms with Gasteiger partial charge in [0.1, 0.15) is 0 Å². The molecule has 0 aliphatic rings. The Labute approximate surface area is 127 Å². The summed E-state index contributed by atoms with van der Waals surface area (Å²) in [5, 5.41) is 0.659. The summed E-state index contributed by atoms with van der Waals surface area (Å²) in [6.45, 7) is 2.26. The molecule has 2 heteroatoms. The standard InChI is InChI=1S/C16H34S2/c1-2-3-13-16(18)14-11-9-7-5-4-6-8-10-12-15-17/h16-18H,2-15H2,1H3. The molecular weight excluding hydrogens is 256 g/mol. The van der Waals surface area contributed by atoms with Gasteiger partial charge in [0.25, 0.3) is 0 Å². The fourth-order valence-electron chi connectivity index (χ4n) is 2.31. The van der Waals surface area contributed by atoms with Gasteiger partial charge in [-0.3, -0.25) is 0 Å². The third-order valence-corrected chi connectivity index (χ3v) is 4.42. The number of hydrogen-bond acceptors (Lipinski definition) is 2. The maximum absolute atomic E-state index is 4.65. The first-order valence-electron chi connectivity index (χ1n) is 8.10. The van der Waals surface area contributed by atoms with Crippen LogP contribution >= 0.6 is 25.3 Å². The van der Waals surface area contributed by atoms with Crippen LogP contribution in [0.3, 0.4) is 0 Å². The van der Waals surface area contributed by atoms with E-state index in [0.717, 1.165) is 5.75 Å². The van der Waals surface area contributed by atoms with Crippen LogP contribution in [0.5, 0.6) is 0 Å². The van der Waals surface area contributed by atoms with Crippen LogP contribution in [0.4, 0.5) is 0 Å². The van der Waals surface area contributed by atoms with Crippen molar-refractivity contribution >= 4 is 25.3 Å². The summed E-state index contributed by atoms with van der Waals surface area (Å²) in [7, 11) is 0. The van der Waals surface area contributed by atoms with Gasteiger partial charge in [0.2, 0.25) is 0 Å². The fraction of sp³-hybridized carbons (Fsp3) is 1.00. The van der Waals surface area contributed by atoms with Crippen molar-refractivity contribution in [2.24, 2.45) is 0 Å². The Kier molecular flexibility index (Phi) is 16.4. The van der Waals surface area contributed by atoms with Gasteiger partial charge in [-0.05, 0) is 25.0 Å². The van der Waals surface area contributed by atoms with Crippen molar-refractivity contribution in [1.82, 2.24) is 0 Å². The molecule has 0 spiro atoms. The minimum absolute atomic E-state index is 0.659. The summed E-state index contributed by atoms with van der Waals surface area (Å²) in [6.07, 6.45) is 17.9. The smallest absolute Gasteiger partial charge is 0.00168 e. The molecule has 0 aromatic rings. The molecular formula is C16H34S2. The number of rotatable bonds is 14. The van der Waals surface area contributed by atoms with Gasteiger partial charge >= 0.3 is 0 Å². The average Bonchev–Trinajstić information content (AvgIpc) is 2.38. The van der Waals surface area contributed by atoms with E-state index < -0.39 is 0 Å². The molecule has 1 unspecified atom stereocenters. The summed E-state index contributed by atoms with van der Waals surface area (Å²) in [5.74, 6) is 1.06. The summed E-state index contributed by atoms with van der Waals surface area (Å²) < 4.78 is 0. The van der Waals surface area contributed by atoms with Crippen molar-refractivity contribution in [3.8, 4) is 0 Å². The lowest BCUT2D eigenvalue weighted by Gasteiger charge is -2.09. The highest BCUT2D eigenvalue weighted by Gasteiger charge is 2.01. The molecule has 0 aromatic carbocycles. The number of thiol groups is 2. The average molecular weight is 291 g/mol. The number of unbranched alkanes of at least 4 members (excludes halogenated alkanes) is 9. The normalized spacial score (nSPS) is 12.8. The number of hydrogen-bond donors (Lipinski definition) is 2. The first-order chi connectivity index (χ1) is 8.81. The van der Waals surface area contributed by atoms with Gasteiger partial charge in [-0.1, -0.05) is 71.1 Å². The van der Waals surface area contributed by atoms with E-state index >= 15 is 0 Å². The van der Waals surface area contributed by atoms with Crippen LogP contribution in [0.2, 0.25) is 0 Å². The van der Waals surface area contributed by atoms with Gasteiger partial charge < -0.3 is 0 Å². The molecule has 0 aliphatic heterocycles. The zero-order valence-electron chi connectivity index (χ0n) is 12.4. The lowest BCUT2D eigenvalue weighted by molar-refractivity contribution is 0.544. The molecule has 0 rings (SSSR count). The maximum atomic E-state index is 4.65. The highest BCUT2D eigenvalue weighted by atomic mass is 32.1. The minimum Gasteiger partial charge on any atom is -0.179 e. The first kappa shape index (κ1) is 18.7. The molecule has 0 bridgehead atoms. The van der Waals surface area contributed by atoms with Crippen LogP contribution in [0.25, 0.3) is 0 Å². The quantitative estimate of drug-likeness (QED) is 0.272. The Morgan fingerprint density at radius 1 is 0.667 bits per heavy atom. The van der Waals surface area contributed by atoms with Crippen molar-refractivity contribution in [2.45, 2.75) is 95.6 Å². The van der Waals surface area contributed by atoms with E-state index in [-0.39, 0.29) is 0 Å². The predicted molar refractivity (Wildman–Crippen MR) is 92.3 cm³/mol. The Morgan fingerprint density at radius 3 is 1.61 bits per heavy atom. The van der Waals surface area contributed by atoms with Crippen molar-refractivity contribution in [3.05, 3.63) is 0 Å². The second kappa shape index (κ2) is 15.8. The van der Waals surface area contributed by atoms with E-state index in [1.165, 1.54) is 83.5 Å². The van der Waals surface area contributed by atoms with Crippen LogP contribution in [0.15, 0.2) is 0 Å². The van der Waals surface area contributed by atoms with Gasteiger partial charge in [0.05, 0.1) is 0 Å². The highest BCUT2D eigenvalue weighted by Crippen LogP contribution is 2.16. The zero-order valence-corrected chi connectivity index (χ0v) is 14.2. The van der Waals surface area contributed by atoms with E-state index in [4.69, 9.17) is 0 Å². The molecule has 1 atom stereocenters. The predicted octanol–water partition coefficient (Wildman–Crippen LogP) is 6.31. The SMILES string of the molecule is CCCCC(S)CCCCCCCCCCCS. The molecule has 0 aliphatic carbocycles. The second-order valence-electron chi connectivity index (χ2n) is 5.49. The summed E-state index contributed by atoms with van der Waals surface area (Å²) >= 11 is 8.88. The zero-order chi connectivity index (χ0) is 13.5. The minimum atomic E-state index is 0.659. The van der Waals surface area contributed by atoms with Gasteiger partial charge in [0, 0.05) is 5.25 Å². The molecule has 0 radical (unpaired) electrons. The Morgan fingerprint density at radius 2 is 1.11 bits per heavy atom. The maximum Gasteiger partial charge on any atom is 0.00168 e. The second-order valence-corrected chi connectivity index (χ2v) is 6.67. The summed E-state index contributed by atoms with van der Waals surface area (Å²) in [4.78, 5) is 0. The summed E-state index contributed by atoms with van der Waals surface area (Å²) in [6, 6.07) is 0. The van der Waals surface area contributed by atoms with Crippen LogP contribution in [-0.2, 0) is 0 Å². The molecule has 110 valence electrons. The lowest BCUT2D eigenvalue weighted by Crippen LogP contribution is -1.98. The molecule has 0 nitrogen and oxygen atoms in total. The molecule has 0 saturated carbocycles. The van der Waals surface area contributed by atoms with E-state index in [9.17, 15) is 0 Å². The molecule has 0 heterocycles. The van der Waals surface area contributed by atoms with Crippen molar-refractivity contribution in [2.75, 3.05) is 5.75 Å². The fourth-order valence-corrected chi connectivity index (χ4v) is 2.90. The third-order valence-electron chi connectivity index (χ3n) is 3.59. The topological polar surface area (TPSA) is 0 Å². The molecule has 0 saturated heterocycles. The molecule has 0 fully saturated rings. The van der Waals surface area contributed by atoms with E-state index in [2.05, 4.69) is 32.2 Å². The Balaban J connectivity index is 3.02. The van der Waals surface area contributed by atoms with E-state index in [0.29, 0.717) is 5.25 Å². The van der Waals surface area contributed by atoms with Crippen molar-refractivity contribution in [1.29, 1.82) is 0 Å². The van der Waals surface area contributed by atoms with Crippen LogP contribution in [0, 0.1) is 0 Å². The first-order valence-corrected chi connectivity index (χ1v) is 9.25. The van der Waals surface area contributed by atoms with E-state index in [1.54, 1.807) is 0 Å². The highest BCUT2D eigenvalue weighted by molar-refractivity contribution is 7.81. The molecule has 0 N–H and O–H groups in total. The van der Waals surface area contributed by atoms with E-state index in [1.807, 2.05) is 0 Å². The summed E-state index contributed by atoms with van der Waals surface area (Å²) in [5.41, 5.74) is 0. The van der Waals surface area contributed by atoms with Crippen molar-refractivity contribution in [3.63, 3.8) is 0 Å².